The summed E-state index contributed by atoms with van der Waals surface area (Å²) in [6.07, 6.45) is 0. The Morgan fingerprint density at radius 2 is 1.89 bits per heavy atom. The summed E-state index contributed by atoms with van der Waals surface area (Å²) in [4.78, 5) is 12.3. The Balaban J connectivity index is 2.37. The third-order valence-corrected chi connectivity index (χ3v) is 2.87. The monoisotopic (exact) mass is 259 g/mol. The van der Waals surface area contributed by atoms with Crippen molar-refractivity contribution in [2.24, 2.45) is 5.73 Å². The molecule has 0 bridgehead atoms. The number of carbonyl (C=O) groups is 1. The van der Waals surface area contributed by atoms with Crippen LogP contribution in [0.15, 0.2) is 48.5 Å². The molecule has 2 N–H and O–H groups in total. The van der Waals surface area contributed by atoms with Crippen molar-refractivity contribution in [3.05, 3.63) is 65.5 Å². The van der Waals surface area contributed by atoms with Gasteiger partial charge < -0.3 is 10.5 Å². The topological polar surface area (TPSA) is 52.3 Å². The van der Waals surface area contributed by atoms with Crippen LogP contribution in [0.5, 0.6) is 5.75 Å². The van der Waals surface area contributed by atoms with Gasteiger partial charge in [-0.3, -0.25) is 4.79 Å². The number of methoxy groups -OCH3 is 1. The number of ketones is 1. The molecule has 0 aromatic heterocycles. The van der Waals surface area contributed by atoms with Crippen molar-refractivity contribution in [1.82, 2.24) is 0 Å². The molecule has 0 saturated heterocycles. The molecule has 2 aromatic rings. The average Bonchev–Trinajstić information content (AvgIpc) is 2.46. The van der Waals surface area contributed by atoms with E-state index in [1.54, 1.807) is 24.3 Å². The lowest BCUT2D eigenvalue weighted by Crippen LogP contribution is -2.22. The Morgan fingerprint density at radius 3 is 2.53 bits per heavy atom. The van der Waals surface area contributed by atoms with Crippen molar-refractivity contribution in [1.29, 1.82) is 0 Å². The molecule has 0 aliphatic carbocycles. The van der Waals surface area contributed by atoms with Gasteiger partial charge in [-0.15, -0.1) is 0 Å². The van der Waals surface area contributed by atoms with Crippen molar-refractivity contribution in [3.63, 3.8) is 0 Å². The van der Waals surface area contributed by atoms with E-state index < -0.39 is 11.9 Å². The Labute approximate surface area is 110 Å². The van der Waals surface area contributed by atoms with Crippen LogP contribution in [0, 0.1) is 5.82 Å². The Bertz CT molecular complexity index is 584. The van der Waals surface area contributed by atoms with Crippen LogP contribution in [0.4, 0.5) is 4.39 Å². The second-order valence-electron chi connectivity index (χ2n) is 4.10. The fourth-order valence-electron chi connectivity index (χ4n) is 1.85. The minimum absolute atomic E-state index is 0.152. The molecule has 1 unspecified atom stereocenters. The summed E-state index contributed by atoms with van der Waals surface area (Å²) < 4.78 is 18.3. The van der Waals surface area contributed by atoms with Gasteiger partial charge in [-0.2, -0.15) is 0 Å². The molecule has 0 radical (unpaired) electrons. The van der Waals surface area contributed by atoms with Crippen LogP contribution in [0.25, 0.3) is 0 Å². The minimum Gasteiger partial charge on any atom is -0.496 e. The van der Waals surface area contributed by atoms with Crippen LogP contribution >= 0.6 is 0 Å². The summed E-state index contributed by atoms with van der Waals surface area (Å²) in [6.45, 7) is 0. The summed E-state index contributed by atoms with van der Waals surface area (Å²) in [7, 11) is 1.43. The Kier molecular flexibility index (Phi) is 3.92. The molecule has 98 valence electrons. The maximum Gasteiger partial charge on any atom is 0.187 e. The highest BCUT2D eigenvalue weighted by Crippen LogP contribution is 2.24. The maximum atomic E-state index is 13.3. The number of hydrogen-bond donors (Lipinski definition) is 1. The summed E-state index contributed by atoms with van der Waals surface area (Å²) in [5.41, 5.74) is 6.75. The van der Waals surface area contributed by atoms with Crippen LogP contribution in [0.3, 0.4) is 0 Å². The zero-order valence-corrected chi connectivity index (χ0v) is 10.5. The second-order valence-corrected chi connectivity index (χ2v) is 4.10. The first-order valence-electron chi connectivity index (χ1n) is 5.81. The third kappa shape index (κ3) is 2.80. The molecule has 4 heteroatoms. The lowest BCUT2D eigenvalue weighted by molar-refractivity contribution is 0.0958. The number of carbonyl (C=O) groups excluding carboxylic acids is 1. The molecular formula is C15H14FNO2. The number of benzene rings is 2. The minimum atomic E-state index is -0.836. The van der Waals surface area contributed by atoms with Gasteiger partial charge in [0.15, 0.2) is 5.78 Å². The van der Waals surface area contributed by atoms with Gasteiger partial charge in [0, 0.05) is 0 Å². The lowest BCUT2D eigenvalue weighted by atomic mass is 9.97. The van der Waals surface area contributed by atoms with Crippen molar-refractivity contribution in [2.75, 3.05) is 7.11 Å². The predicted molar refractivity (Wildman–Crippen MR) is 70.7 cm³/mol. The van der Waals surface area contributed by atoms with Gasteiger partial charge in [0.25, 0.3) is 0 Å². The number of hydrogen-bond acceptors (Lipinski definition) is 3. The molecule has 0 fully saturated rings. The van der Waals surface area contributed by atoms with E-state index >= 15 is 0 Å². The zero-order valence-electron chi connectivity index (χ0n) is 10.5. The first-order valence-corrected chi connectivity index (χ1v) is 5.81. The quantitative estimate of drug-likeness (QED) is 0.859. The highest BCUT2D eigenvalue weighted by atomic mass is 19.1. The van der Waals surface area contributed by atoms with Crippen molar-refractivity contribution < 1.29 is 13.9 Å². The Hall–Kier alpha value is -2.20. The van der Waals surface area contributed by atoms with E-state index in [-0.39, 0.29) is 11.3 Å². The lowest BCUT2D eigenvalue weighted by Gasteiger charge is -2.13. The summed E-state index contributed by atoms with van der Waals surface area (Å²) in [5.74, 6) is -0.551. The molecule has 0 aliphatic heterocycles. The standard InChI is InChI=1S/C15H14FNO2/c1-19-13-8-7-11(16)9-12(13)15(18)14(17)10-5-3-2-4-6-10/h2-9,14H,17H2,1H3. The first kappa shape index (κ1) is 13.2. The van der Waals surface area contributed by atoms with Crippen molar-refractivity contribution in [3.8, 4) is 5.75 Å². The van der Waals surface area contributed by atoms with Crippen LogP contribution in [0.2, 0.25) is 0 Å². The second kappa shape index (κ2) is 5.63. The smallest absolute Gasteiger partial charge is 0.187 e. The van der Waals surface area contributed by atoms with E-state index in [9.17, 15) is 9.18 Å². The molecule has 1 atom stereocenters. The normalized spacial score (nSPS) is 11.9. The van der Waals surface area contributed by atoms with Crippen LogP contribution in [-0.4, -0.2) is 12.9 Å². The molecule has 0 heterocycles. The van der Waals surface area contributed by atoms with Gasteiger partial charge in [-0.05, 0) is 23.8 Å². The molecule has 0 saturated carbocycles. The van der Waals surface area contributed by atoms with Crippen LogP contribution < -0.4 is 10.5 Å². The molecule has 19 heavy (non-hydrogen) atoms. The predicted octanol–water partition coefficient (Wildman–Crippen LogP) is 2.72. The molecule has 2 rings (SSSR count). The molecular weight excluding hydrogens is 245 g/mol. The largest absolute Gasteiger partial charge is 0.496 e. The van der Waals surface area contributed by atoms with Gasteiger partial charge in [-0.1, -0.05) is 30.3 Å². The van der Waals surface area contributed by atoms with Crippen LogP contribution in [-0.2, 0) is 0 Å². The summed E-state index contributed by atoms with van der Waals surface area (Å²) >= 11 is 0. The van der Waals surface area contributed by atoms with E-state index in [2.05, 4.69) is 0 Å². The maximum absolute atomic E-state index is 13.3. The van der Waals surface area contributed by atoms with E-state index in [4.69, 9.17) is 10.5 Å². The number of nitrogens with two attached hydrogens (primary N) is 1. The van der Waals surface area contributed by atoms with Crippen molar-refractivity contribution >= 4 is 5.78 Å². The number of rotatable bonds is 4. The van der Waals surface area contributed by atoms with E-state index in [0.717, 1.165) is 6.07 Å². The van der Waals surface area contributed by atoms with Crippen LogP contribution in [0.1, 0.15) is 22.0 Å². The number of Topliss-reactive ketones (excluding diaryl/α,β-unsaturated/α-hetero) is 1. The summed E-state index contributed by atoms with van der Waals surface area (Å²) in [6, 6.07) is 11.9. The fourth-order valence-corrected chi connectivity index (χ4v) is 1.85. The SMILES string of the molecule is COc1ccc(F)cc1C(=O)C(N)c1ccccc1. The van der Waals surface area contributed by atoms with Gasteiger partial charge in [0.2, 0.25) is 0 Å². The first-order chi connectivity index (χ1) is 9.13. The number of halogens is 1. The highest BCUT2D eigenvalue weighted by molar-refractivity contribution is 6.02. The van der Waals surface area contributed by atoms with Gasteiger partial charge in [0.1, 0.15) is 11.6 Å². The van der Waals surface area contributed by atoms with Gasteiger partial charge in [-0.25, -0.2) is 4.39 Å². The molecule has 0 spiro atoms. The van der Waals surface area contributed by atoms with Gasteiger partial charge >= 0.3 is 0 Å². The van der Waals surface area contributed by atoms with Crippen molar-refractivity contribution in [2.45, 2.75) is 6.04 Å². The zero-order chi connectivity index (χ0) is 13.8. The highest BCUT2D eigenvalue weighted by Gasteiger charge is 2.21. The van der Waals surface area contributed by atoms with E-state index in [1.807, 2.05) is 6.07 Å². The summed E-state index contributed by atoms with van der Waals surface area (Å²) in [5, 5.41) is 0. The molecule has 2 aromatic carbocycles. The molecule has 0 aliphatic rings. The molecule has 0 amide bonds. The van der Waals surface area contributed by atoms with E-state index in [0.29, 0.717) is 11.3 Å². The van der Waals surface area contributed by atoms with Gasteiger partial charge in [0.05, 0.1) is 18.7 Å². The Morgan fingerprint density at radius 1 is 1.21 bits per heavy atom. The molecule has 3 nitrogen and oxygen atoms in total. The third-order valence-electron chi connectivity index (χ3n) is 2.87. The van der Waals surface area contributed by atoms with E-state index in [1.165, 1.54) is 19.2 Å². The number of ether oxygens (including phenoxy) is 1. The fraction of sp³-hybridized carbons (Fsp3) is 0.133. The average molecular weight is 259 g/mol.